The molecule has 10 N–H and O–H groups in total. The highest BCUT2D eigenvalue weighted by atomic mass is 16.2. The quantitative estimate of drug-likeness (QED) is 0.0581. The van der Waals surface area contributed by atoms with Crippen LogP contribution in [0.1, 0.15) is 81.4 Å². The Hall–Kier alpha value is -6.55. The lowest BCUT2D eigenvalue weighted by Gasteiger charge is -2.42. The van der Waals surface area contributed by atoms with Gasteiger partial charge in [0, 0.05) is 49.8 Å². The molecule has 4 aromatic rings. The van der Waals surface area contributed by atoms with Crippen LogP contribution in [0.25, 0.3) is 10.9 Å². The third-order valence-corrected chi connectivity index (χ3v) is 12.5. The van der Waals surface area contributed by atoms with Crippen molar-refractivity contribution in [2.75, 3.05) is 13.1 Å². The second-order valence-electron chi connectivity index (χ2n) is 17.3. The Morgan fingerprint density at radius 2 is 1.23 bits per heavy atom. The zero-order valence-electron chi connectivity index (χ0n) is 37.1. The summed E-state index contributed by atoms with van der Waals surface area (Å²) in [5.41, 5.74) is 14.8. The van der Waals surface area contributed by atoms with Gasteiger partial charge in [0.25, 0.3) is 0 Å². The molecule has 2 heterocycles. The number of para-hydroxylation sites is 1. The van der Waals surface area contributed by atoms with Crippen molar-refractivity contribution in [1.82, 2.24) is 36.5 Å². The molecule has 346 valence electrons. The molecule has 1 aliphatic heterocycles. The first-order chi connectivity index (χ1) is 31.4. The van der Waals surface area contributed by atoms with Gasteiger partial charge in [-0.05, 0) is 60.9 Å². The van der Waals surface area contributed by atoms with E-state index in [9.17, 15) is 33.6 Å². The fraction of sp³-hybridized carbons (Fsp3) is 0.449. The molecule has 1 saturated carbocycles. The average Bonchev–Trinajstić information content (AvgIpc) is 3.69. The van der Waals surface area contributed by atoms with E-state index in [1.807, 2.05) is 84.9 Å². The number of nitrogens with one attached hydrogen (secondary N) is 6. The Morgan fingerprint density at radius 3 is 1.83 bits per heavy atom. The summed E-state index contributed by atoms with van der Waals surface area (Å²) < 4.78 is 0. The highest BCUT2D eigenvalue weighted by Gasteiger charge is 2.42. The van der Waals surface area contributed by atoms with Gasteiger partial charge in [0.1, 0.15) is 36.3 Å². The van der Waals surface area contributed by atoms with Gasteiger partial charge in [0.05, 0.1) is 0 Å². The first-order valence-corrected chi connectivity index (χ1v) is 22.8. The van der Waals surface area contributed by atoms with Crippen molar-refractivity contribution in [1.29, 1.82) is 0 Å². The van der Waals surface area contributed by atoms with Crippen LogP contribution < -0.4 is 38.1 Å². The zero-order chi connectivity index (χ0) is 46.3. The number of hydrogen-bond donors (Lipinski definition) is 8. The molecular weight excluding hydrogens is 827 g/mol. The number of amides is 7. The fourth-order valence-corrected chi connectivity index (χ4v) is 8.88. The van der Waals surface area contributed by atoms with Gasteiger partial charge in [-0.25, -0.2) is 0 Å². The molecule has 3 aromatic carbocycles. The Bertz CT molecular complexity index is 2260. The number of rotatable bonds is 22. The van der Waals surface area contributed by atoms with E-state index in [-0.39, 0.29) is 44.7 Å². The lowest BCUT2D eigenvalue weighted by atomic mass is 9.84. The number of primary amides is 1. The molecule has 7 amide bonds. The Balaban J connectivity index is 1.19. The van der Waals surface area contributed by atoms with Gasteiger partial charge in [-0.1, -0.05) is 111 Å². The van der Waals surface area contributed by atoms with Crippen molar-refractivity contribution in [2.45, 2.75) is 120 Å². The number of nitrogens with two attached hydrogens (primary N) is 2. The number of fused-ring (bicyclic) bond motifs is 1. The number of carbonyl (C=O) groups is 7. The van der Waals surface area contributed by atoms with E-state index in [0.717, 1.165) is 59.7 Å². The third kappa shape index (κ3) is 13.5. The zero-order valence-corrected chi connectivity index (χ0v) is 37.1. The molecule has 1 aliphatic carbocycles. The van der Waals surface area contributed by atoms with Crippen LogP contribution in [0.3, 0.4) is 0 Å². The number of H-pyrrole nitrogens is 1. The smallest absolute Gasteiger partial charge is 0.245 e. The first-order valence-electron chi connectivity index (χ1n) is 22.8. The summed E-state index contributed by atoms with van der Waals surface area (Å²) in [6, 6.07) is 19.8. The molecule has 6 atom stereocenters. The normalized spacial score (nSPS) is 17.3. The molecule has 6 rings (SSSR count). The molecule has 0 unspecified atom stereocenters. The SMILES string of the molecule is CC(=O)N[C@@H](Cc1ccccc1)C(=O)N[C@@H](CCCN)C(=O)N1CC[C@H]1C(=O)N[C@H](CC1CCCCC1)C(=O)N[C@@H](Cc1c[nH]c2ccccc12)C(=O)N[C@@H](Cc1ccccc1)C(N)=O. The molecule has 0 bridgehead atoms. The molecule has 0 spiro atoms. The van der Waals surface area contributed by atoms with Crippen molar-refractivity contribution in [2.24, 2.45) is 17.4 Å². The van der Waals surface area contributed by atoms with E-state index in [2.05, 4.69) is 31.6 Å². The Labute approximate surface area is 379 Å². The summed E-state index contributed by atoms with van der Waals surface area (Å²) in [7, 11) is 0. The lowest BCUT2D eigenvalue weighted by molar-refractivity contribution is -0.151. The average molecular weight is 890 g/mol. The maximum absolute atomic E-state index is 14.6. The van der Waals surface area contributed by atoms with Crippen LogP contribution >= 0.6 is 0 Å². The van der Waals surface area contributed by atoms with Crippen LogP contribution in [0, 0.1) is 5.92 Å². The Kier molecular flexibility index (Phi) is 17.3. The summed E-state index contributed by atoms with van der Waals surface area (Å²) >= 11 is 0. The topological polar surface area (TPSA) is 251 Å². The number of likely N-dealkylation sites (tertiary alicyclic amines) is 1. The van der Waals surface area contributed by atoms with Crippen molar-refractivity contribution in [3.63, 3.8) is 0 Å². The second kappa shape index (κ2) is 23.4. The predicted octanol–water partition coefficient (Wildman–Crippen LogP) is 2.44. The summed E-state index contributed by atoms with van der Waals surface area (Å²) in [6.07, 6.45) is 8.27. The van der Waals surface area contributed by atoms with E-state index >= 15 is 0 Å². The van der Waals surface area contributed by atoms with Crippen LogP contribution in [0.2, 0.25) is 0 Å². The van der Waals surface area contributed by atoms with Crippen molar-refractivity contribution >= 4 is 52.3 Å². The molecule has 0 radical (unpaired) electrons. The standard InChI is InChI=1S/C49H63N9O7/c1-31(59)53-40(27-33-16-7-3-8-17-33)45(61)54-38(22-13-24-50)49(65)58-25-23-43(58)48(64)57-41(28-34-18-9-4-10-19-34)46(62)56-42(29-35-30-52-37-21-12-11-20-36(35)37)47(63)55-39(44(51)60)26-32-14-5-2-6-15-32/h2-3,5-8,11-12,14-17,20-21,30,34,38-43,52H,4,9-10,13,18-19,22-29,50H2,1H3,(H2,51,60)(H,53,59)(H,54,61)(H,55,63)(H,56,62)(H,57,64)/t38-,39-,40-,41+,42-,43-/m0/s1. The van der Waals surface area contributed by atoms with E-state index in [0.29, 0.717) is 19.3 Å². The molecule has 16 nitrogen and oxygen atoms in total. The molecule has 16 heteroatoms. The van der Waals surface area contributed by atoms with Crippen LogP contribution in [0.5, 0.6) is 0 Å². The van der Waals surface area contributed by atoms with Crippen molar-refractivity contribution < 1.29 is 33.6 Å². The molecule has 1 aromatic heterocycles. The summed E-state index contributed by atoms with van der Waals surface area (Å²) in [5.74, 6) is -3.73. The van der Waals surface area contributed by atoms with E-state index in [4.69, 9.17) is 11.5 Å². The summed E-state index contributed by atoms with van der Waals surface area (Å²) in [6.45, 7) is 1.83. The maximum Gasteiger partial charge on any atom is 0.245 e. The van der Waals surface area contributed by atoms with Crippen molar-refractivity contribution in [3.8, 4) is 0 Å². The molecular formula is C49H63N9O7. The van der Waals surface area contributed by atoms with E-state index in [1.54, 1.807) is 6.20 Å². The van der Waals surface area contributed by atoms with E-state index < -0.39 is 77.6 Å². The van der Waals surface area contributed by atoms with Gasteiger partial charge in [-0.15, -0.1) is 0 Å². The molecule has 2 aliphatic rings. The molecule has 2 fully saturated rings. The minimum Gasteiger partial charge on any atom is -0.368 e. The van der Waals surface area contributed by atoms with Gasteiger partial charge in [0.2, 0.25) is 41.4 Å². The maximum atomic E-state index is 14.6. The third-order valence-electron chi connectivity index (χ3n) is 12.5. The minimum atomic E-state index is -1.16. The predicted molar refractivity (Wildman–Crippen MR) is 246 cm³/mol. The largest absolute Gasteiger partial charge is 0.368 e. The van der Waals surface area contributed by atoms with Gasteiger partial charge in [-0.3, -0.25) is 33.6 Å². The van der Waals surface area contributed by atoms with Crippen LogP contribution in [-0.2, 0) is 52.8 Å². The number of aromatic amines is 1. The molecule has 65 heavy (non-hydrogen) atoms. The monoisotopic (exact) mass is 889 g/mol. The second-order valence-corrected chi connectivity index (χ2v) is 17.3. The minimum absolute atomic E-state index is 0.0669. The highest BCUT2D eigenvalue weighted by Crippen LogP contribution is 2.28. The highest BCUT2D eigenvalue weighted by molar-refractivity contribution is 5.98. The number of nitrogens with zero attached hydrogens (tertiary/aromatic N) is 1. The number of aromatic nitrogens is 1. The van der Waals surface area contributed by atoms with Crippen LogP contribution in [0.4, 0.5) is 0 Å². The van der Waals surface area contributed by atoms with Gasteiger partial charge >= 0.3 is 0 Å². The first kappa shape index (κ1) is 47.9. The van der Waals surface area contributed by atoms with Gasteiger partial charge in [-0.2, -0.15) is 0 Å². The summed E-state index contributed by atoms with van der Waals surface area (Å²) in [5, 5.41) is 15.1. The summed E-state index contributed by atoms with van der Waals surface area (Å²) in [4.78, 5) is 100. The van der Waals surface area contributed by atoms with Gasteiger partial charge < -0.3 is 47.9 Å². The van der Waals surface area contributed by atoms with Crippen molar-refractivity contribution in [3.05, 3.63) is 108 Å². The van der Waals surface area contributed by atoms with Gasteiger partial charge in [0.15, 0.2) is 0 Å². The fourth-order valence-electron chi connectivity index (χ4n) is 8.88. The van der Waals surface area contributed by atoms with E-state index in [1.165, 1.54) is 11.8 Å². The van der Waals surface area contributed by atoms with Crippen LogP contribution in [-0.4, -0.2) is 101 Å². The number of benzene rings is 3. The number of carbonyl (C=O) groups excluding carboxylic acids is 7. The number of hydrogen-bond acceptors (Lipinski definition) is 8. The Morgan fingerprint density at radius 1 is 0.662 bits per heavy atom. The lowest BCUT2D eigenvalue weighted by Crippen LogP contribution is -2.65. The van der Waals surface area contributed by atoms with Crippen LogP contribution in [0.15, 0.2) is 91.1 Å². The molecule has 1 saturated heterocycles.